The highest BCUT2D eigenvalue weighted by Gasteiger charge is 2.24. The van der Waals surface area contributed by atoms with Crippen molar-refractivity contribution in [2.45, 2.75) is 58.4 Å². The molecule has 2 aliphatic carbocycles. The molecule has 0 radical (unpaired) electrons. The minimum absolute atomic E-state index is 0.124. The van der Waals surface area contributed by atoms with Crippen LogP contribution in [0.15, 0.2) is 17.6 Å². The minimum atomic E-state index is -0.124. The number of nitrogens with one attached hydrogen (secondary N) is 2. The molecule has 2 N–H and O–H groups in total. The zero-order chi connectivity index (χ0) is 17.8. The number of hydrogen-bond donors (Lipinski definition) is 2. The van der Waals surface area contributed by atoms with Crippen molar-refractivity contribution < 1.29 is 4.79 Å². The van der Waals surface area contributed by atoms with E-state index in [0.29, 0.717) is 6.04 Å². The number of nitrogens with zero attached hydrogens (tertiary/aromatic N) is 1. The Morgan fingerprint density at radius 2 is 1.84 bits per heavy atom. The van der Waals surface area contributed by atoms with E-state index in [1.54, 1.807) is 0 Å². The maximum atomic E-state index is 12.3. The average molecular weight is 360 g/mol. The van der Waals surface area contributed by atoms with Crippen LogP contribution in [0.4, 0.5) is 10.5 Å². The molecular formula is C20H29N3OS. The smallest absolute Gasteiger partial charge is 0.307 e. The van der Waals surface area contributed by atoms with Gasteiger partial charge in [-0.05, 0) is 99.0 Å². The molecule has 25 heavy (non-hydrogen) atoms. The Morgan fingerprint density at radius 3 is 2.44 bits per heavy atom. The van der Waals surface area contributed by atoms with Gasteiger partial charge in [-0.3, -0.25) is 4.72 Å². The van der Waals surface area contributed by atoms with Crippen LogP contribution < -0.4 is 10.0 Å². The van der Waals surface area contributed by atoms with Crippen LogP contribution in [-0.2, 0) is 25.7 Å². The SMILES string of the molecule is CC(C)N(C)C/C=C/SNC(=O)Nc1c2c(cc3c1CCC3)CCC2. The highest BCUT2D eigenvalue weighted by Crippen LogP contribution is 2.38. The molecule has 0 saturated heterocycles. The second kappa shape index (κ2) is 8.28. The number of hydrogen-bond acceptors (Lipinski definition) is 3. The van der Waals surface area contributed by atoms with E-state index >= 15 is 0 Å². The Labute approximate surface area is 155 Å². The van der Waals surface area contributed by atoms with Crippen LogP contribution in [0.5, 0.6) is 0 Å². The molecule has 136 valence electrons. The number of anilines is 1. The summed E-state index contributed by atoms with van der Waals surface area (Å²) < 4.78 is 2.88. The fourth-order valence-electron chi connectivity index (χ4n) is 3.66. The summed E-state index contributed by atoms with van der Waals surface area (Å²) in [5.74, 6) is 0. The second-order valence-electron chi connectivity index (χ2n) is 7.31. The first-order chi connectivity index (χ1) is 12.1. The predicted molar refractivity (Wildman–Crippen MR) is 107 cm³/mol. The number of fused-ring (bicyclic) bond motifs is 2. The summed E-state index contributed by atoms with van der Waals surface area (Å²) in [7, 11) is 2.09. The van der Waals surface area contributed by atoms with Crippen molar-refractivity contribution in [3.63, 3.8) is 0 Å². The van der Waals surface area contributed by atoms with Crippen LogP contribution in [0.2, 0.25) is 0 Å². The maximum absolute atomic E-state index is 12.3. The van der Waals surface area contributed by atoms with Crippen molar-refractivity contribution >= 4 is 23.7 Å². The molecule has 2 aliphatic rings. The highest BCUT2D eigenvalue weighted by molar-refractivity contribution is 8.00. The van der Waals surface area contributed by atoms with Gasteiger partial charge in [0.1, 0.15) is 0 Å². The molecule has 2 amide bonds. The van der Waals surface area contributed by atoms with Crippen LogP contribution in [0.1, 0.15) is 48.9 Å². The van der Waals surface area contributed by atoms with Gasteiger partial charge in [0, 0.05) is 18.3 Å². The van der Waals surface area contributed by atoms with Crippen LogP contribution >= 0.6 is 11.9 Å². The van der Waals surface area contributed by atoms with Gasteiger partial charge in [-0.25, -0.2) is 4.79 Å². The molecule has 0 aliphatic heterocycles. The Hall–Kier alpha value is -1.46. The first kappa shape index (κ1) is 18.3. The third-order valence-corrected chi connectivity index (χ3v) is 5.93. The maximum Gasteiger partial charge on any atom is 0.329 e. The molecule has 1 aromatic rings. The van der Waals surface area contributed by atoms with Gasteiger partial charge in [-0.1, -0.05) is 12.1 Å². The van der Waals surface area contributed by atoms with E-state index < -0.39 is 0 Å². The van der Waals surface area contributed by atoms with E-state index in [9.17, 15) is 4.79 Å². The summed E-state index contributed by atoms with van der Waals surface area (Å²) in [6.07, 6.45) is 8.97. The van der Waals surface area contributed by atoms with Crippen molar-refractivity contribution in [2.75, 3.05) is 18.9 Å². The Balaban J connectivity index is 1.56. The van der Waals surface area contributed by atoms with Gasteiger partial charge in [0.15, 0.2) is 0 Å². The summed E-state index contributed by atoms with van der Waals surface area (Å²) in [5.41, 5.74) is 6.73. The fourth-order valence-corrected chi connectivity index (χ4v) is 4.07. The van der Waals surface area contributed by atoms with Gasteiger partial charge in [0.2, 0.25) is 0 Å². The number of benzene rings is 1. The van der Waals surface area contributed by atoms with Crippen molar-refractivity contribution in [2.24, 2.45) is 0 Å². The summed E-state index contributed by atoms with van der Waals surface area (Å²) in [5, 5.41) is 5.09. The van der Waals surface area contributed by atoms with Crippen LogP contribution in [-0.4, -0.2) is 30.6 Å². The lowest BCUT2D eigenvalue weighted by Crippen LogP contribution is -2.26. The molecule has 0 heterocycles. The largest absolute Gasteiger partial charge is 0.329 e. The molecule has 1 aromatic carbocycles. The standard InChI is InChI=1S/C20H29N3OS/c1-14(2)23(3)11-6-12-25-22-20(24)21-19-17-9-4-7-15(17)13-16-8-5-10-18(16)19/h6,12-14H,4-5,7-11H2,1-3H3,(H2,21,22,24)/b12-6+. The van der Waals surface area contributed by atoms with Gasteiger partial charge in [-0.15, -0.1) is 0 Å². The van der Waals surface area contributed by atoms with Crippen molar-refractivity contribution in [3.8, 4) is 0 Å². The molecule has 5 heteroatoms. The quantitative estimate of drug-likeness (QED) is 0.745. The Bertz CT molecular complexity index is 637. The van der Waals surface area contributed by atoms with E-state index in [1.807, 2.05) is 5.41 Å². The summed E-state index contributed by atoms with van der Waals surface area (Å²) in [4.78, 5) is 14.6. The normalized spacial score (nSPS) is 15.9. The number of rotatable bonds is 6. The predicted octanol–water partition coefficient (Wildman–Crippen LogP) is 4.29. The lowest BCUT2D eigenvalue weighted by atomic mass is 9.99. The van der Waals surface area contributed by atoms with Gasteiger partial charge in [0.25, 0.3) is 0 Å². The minimum Gasteiger partial charge on any atom is -0.307 e. The van der Waals surface area contributed by atoms with E-state index in [2.05, 4.69) is 48.0 Å². The van der Waals surface area contributed by atoms with Gasteiger partial charge in [0.05, 0.1) is 0 Å². The monoisotopic (exact) mass is 359 g/mol. The topological polar surface area (TPSA) is 44.4 Å². The molecule has 0 spiro atoms. The van der Waals surface area contributed by atoms with Gasteiger partial charge in [-0.2, -0.15) is 0 Å². The zero-order valence-corrected chi connectivity index (χ0v) is 16.3. The Morgan fingerprint density at radius 1 is 1.20 bits per heavy atom. The molecule has 0 atom stereocenters. The van der Waals surface area contributed by atoms with Gasteiger partial charge < -0.3 is 10.2 Å². The van der Waals surface area contributed by atoms with E-state index in [-0.39, 0.29) is 6.03 Å². The molecular weight excluding hydrogens is 330 g/mol. The van der Waals surface area contributed by atoms with Crippen LogP contribution in [0.25, 0.3) is 0 Å². The number of urea groups is 1. The summed E-state index contributed by atoms with van der Waals surface area (Å²) in [6, 6.07) is 2.78. The summed E-state index contributed by atoms with van der Waals surface area (Å²) in [6.45, 7) is 5.22. The van der Waals surface area contributed by atoms with E-state index in [0.717, 1.165) is 37.9 Å². The number of carbonyl (C=O) groups is 1. The van der Waals surface area contributed by atoms with E-state index in [1.165, 1.54) is 47.0 Å². The molecule has 0 saturated carbocycles. The third kappa shape index (κ3) is 4.39. The second-order valence-corrected chi connectivity index (χ2v) is 8.03. The fraction of sp³-hybridized carbons (Fsp3) is 0.550. The first-order valence-corrected chi connectivity index (χ1v) is 10.2. The third-order valence-electron chi connectivity index (χ3n) is 5.30. The molecule has 0 fully saturated rings. The van der Waals surface area contributed by atoms with Crippen LogP contribution in [0, 0.1) is 0 Å². The van der Waals surface area contributed by atoms with Gasteiger partial charge >= 0.3 is 6.03 Å². The van der Waals surface area contributed by atoms with E-state index in [4.69, 9.17) is 0 Å². The number of likely N-dealkylation sites (N-methyl/N-ethyl adjacent to an activating group) is 1. The molecule has 0 aromatic heterocycles. The lowest BCUT2D eigenvalue weighted by Gasteiger charge is -2.18. The average Bonchev–Trinajstić information content (AvgIpc) is 3.22. The summed E-state index contributed by atoms with van der Waals surface area (Å²) >= 11 is 1.33. The number of carbonyl (C=O) groups excluding carboxylic acids is 1. The van der Waals surface area contributed by atoms with Crippen molar-refractivity contribution in [1.82, 2.24) is 9.62 Å². The van der Waals surface area contributed by atoms with Crippen LogP contribution in [0.3, 0.4) is 0 Å². The molecule has 3 rings (SSSR count). The number of amides is 2. The highest BCUT2D eigenvalue weighted by atomic mass is 32.2. The number of aryl methyl sites for hydroxylation is 2. The molecule has 0 unspecified atom stereocenters. The Kier molecular flexibility index (Phi) is 6.07. The molecule has 0 bridgehead atoms. The van der Waals surface area contributed by atoms with Crippen molar-refractivity contribution in [1.29, 1.82) is 0 Å². The van der Waals surface area contributed by atoms with Crippen molar-refractivity contribution in [3.05, 3.63) is 39.8 Å². The first-order valence-electron chi connectivity index (χ1n) is 9.30. The lowest BCUT2D eigenvalue weighted by molar-refractivity contribution is 0.257. The zero-order valence-electron chi connectivity index (χ0n) is 15.5. The molecule has 4 nitrogen and oxygen atoms in total.